The zero-order valence-electron chi connectivity index (χ0n) is 16.3. The Bertz CT molecular complexity index is 436. The zero-order chi connectivity index (χ0) is 16.3. The van der Waals surface area contributed by atoms with Crippen molar-refractivity contribution in [1.29, 1.82) is 0 Å². The van der Waals surface area contributed by atoms with Crippen LogP contribution in [0.2, 0.25) is 0 Å². The molecule has 0 aliphatic heterocycles. The summed E-state index contributed by atoms with van der Waals surface area (Å²) in [6.07, 6.45) is 6.07. The quantitative estimate of drug-likeness (QED) is 0.156. The van der Waals surface area contributed by atoms with Gasteiger partial charge in [0.2, 0.25) is 0 Å². The molecule has 0 aliphatic carbocycles. The van der Waals surface area contributed by atoms with E-state index in [0.717, 1.165) is 25.7 Å². The number of hydrogen-bond acceptors (Lipinski definition) is 5. The van der Waals surface area contributed by atoms with Crippen molar-refractivity contribution in [1.82, 2.24) is 0 Å². The van der Waals surface area contributed by atoms with Crippen LogP contribution in [0, 0.1) is 0 Å². The summed E-state index contributed by atoms with van der Waals surface area (Å²) >= 11 is 0. The first-order valence-corrected chi connectivity index (χ1v) is 8.64. The number of aliphatic carboxylic acids is 1. The van der Waals surface area contributed by atoms with Crippen LogP contribution in [0.5, 0.6) is 0 Å². The summed E-state index contributed by atoms with van der Waals surface area (Å²) in [7, 11) is -4.77. The molecule has 23 heavy (non-hydrogen) atoms. The van der Waals surface area contributed by atoms with Gasteiger partial charge in [0.05, 0.1) is 13.0 Å². The first-order valence-electron chi connectivity index (χ1n) is 7.13. The van der Waals surface area contributed by atoms with Crippen LogP contribution in [-0.2, 0) is 24.4 Å². The van der Waals surface area contributed by atoms with Gasteiger partial charge >= 0.3 is 71.1 Å². The monoisotopic (exact) mass is 372 g/mol. The normalized spacial score (nSPS) is 11.7. The molecule has 0 aromatic carbocycles. The molecular formula is C13H26Na2O7S. The molecule has 0 bridgehead atoms. The first kappa shape index (κ1) is 28.6. The van der Waals surface area contributed by atoms with Crippen LogP contribution in [0.1, 0.15) is 61.1 Å². The van der Waals surface area contributed by atoms with Crippen molar-refractivity contribution >= 4 is 22.1 Å². The standard InChI is InChI=1S/C13H24O7S.2Na.2H/c1-2-3-4-5-6-7-8-9-20-13(16)11(10-12(14)15)21(17,18)19;;;;/h11H,2-10H2,1H3,(H,14,15)(H,17,18,19);;;;/q;2*+1;2*-1. The van der Waals surface area contributed by atoms with Gasteiger partial charge in [-0.15, -0.1) is 0 Å². The van der Waals surface area contributed by atoms with Crippen molar-refractivity contribution in [2.45, 2.75) is 63.5 Å². The van der Waals surface area contributed by atoms with Gasteiger partial charge in [-0.2, -0.15) is 8.42 Å². The molecule has 0 amide bonds. The van der Waals surface area contributed by atoms with E-state index in [1.165, 1.54) is 12.8 Å². The summed E-state index contributed by atoms with van der Waals surface area (Å²) < 4.78 is 35.4. The molecule has 128 valence electrons. The van der Waals surface area contributed by atoms with E-state index in [2.05, 4.69) is 6.92 Å². The van der Waals surface area contributed by atoms with E-state index in [0.29, 0.717) is 6.42 Å². The van der Waals surface area contributed by atoms with Gasteiger partial charge in [0.15, 0.2) is 5.25 Å². The fraction of sp³-hybridized carbons (Fsp3) is 0.846. The van der Waals surface area contributed by atoms with E-state index in [4.69, 9.17) is 14.4 Å². The largest absolute Gasteiger partial charge is 1.00 e. The third kappa shape index (κ3) is 16.1. The van der Waals surface area contributed by atoms with Crippen molar-refractivity contribution in [3.05, 3.63) is 0 Å². The molecule has 10 heteroatoms. The number of unbranched alkanes of at least 4 members (excludes halogenated alkanes) is 6. The molecule has 0 aliphatic rings. The second-order valence-electron chi connectivity index (χ2n) is 4.89. The van der Waals surface area contributed by atoms with E-state index in [-0.39, 0.29) is 68.6 Å². The van der Waals surface area contributed by atoms with Crippen molar-refractivity contribution in [2.75, 3.05) is 6.61 Å². The van der Waals surface area contributed by atoms with E-state index < -0.39 is 33.7 Å². The van der Waals surface area contributed by atoms with Gasteiger partial charge in [-0.05, 0) is 6.42 Å². The summed E-state index contributed by atoms with van der Waals surface area (Å²) in [4.78, 5) is 22.0. The maximum Gasteiger partial charge on any atom is 1.00 e. The predicted molar refractivity (Wildman–Crippen MR) is 78.8 cm³/mol. The minimum atomic E-state index is -4.77. The molecule has 0 aromatic heterocycles. The predicted octanol–water partition coefficient (Wildman–Crippen LogP) is -3.76. The Morgan fingerprint density at radius 3 is 1.96 bits per heavy atom. The second kappa shape index (κ2) is 16.3. The van der Waals surface area contributed by atoms with Crippen LogP contribution in [0.4, 0.5) is 0 Å². The van der Waals surface area contributed by atoms with Gasteiger partial charge in [-0.1, -0.05) is 45.4 Å². The van der Waals surface area contributed by atoms with E-state index >= 15 is 0 Å². The third-order valence-corrected chi connectivity index (χ3v) is 4.05. The van der Waals surface area contributed by atoms with Gasteiger partial charge in [-0.25, -0.2) is 0 Å². The van der Waals surface area contributed by atoms with Crippen molar-refractivity contribution in [3.8, 4) is 0 Å². The molecule has 0 saturated heterocycles. The van der Waals surface area contributed by atoms with Gasteiger partial charge in [-0.3, -0.25) is 14.1 Å². The number of esters is 1. The molecule has 1 unspecified atom stereocenters. The van der Waals surface area contributed by atoms with Gasteiger partial charge in [0, 0.05) is 0 Å². The summed E-state index contributed by atoms with van der Waals surface area (Å²) in [6, 6.07) is 0. The number of carbonyl (C=O) groups excluding carboxylic acids is 1. The van der Waals surface area contributed by atoms with Gasteiger partial charge in [0.1, 0.15) is 0 Å². The molecule has 0 spiro atoms. The van der Waals surface area contributed by atoms with Crippen LogP contribution in [0.15, 0.2) is 0 Å². The first-order chi connectivity index (χ1) is 9.79. The molecule has 0 rings (SSSR count). The Morgan fingerprint density at radius 1 is 1.04 bits per heavy atom. The molecule has 0 fully saturated rings. The molecule has 1 atom stereocenters. The number of rotatable bonds is 12. The minimum Gasteiger partial charge on any atom is -1.00 e. The zero-order valence-corrected chi connectivity index (χ0v) is 19.1. The van der Waals surface area contributed by atoms with E-state index in [1.807, 2.05) is 0 Å². The fourth-order valence-electron chi connectivity index (χ4n) is 1.79. The van der Waals surface area contributed by atoms with E-state index in [9.17, 15) is 18.0 Å². The number of carboxylic acids is 1. The van der Waals surface area contributed by atoms with Crippen LogP contribution >= 0.6 is 0 Å². The summed E-state index contributed by atoms with van der Waals surface area (Å²) in [5.41, 5.74) is 0. The van der Waals surface area contributed by atoms with Gasteiger partial charge in [0.25, 0.3) is 10.1 Å². The number of carboxylic acid groups (broad SMARTS) is 1. The van der Waals surface area contributed by atoms with Crippen LogP contribution in [0.3, 0.4) is 0 Å². The Labute approximate surface area is 185 Å². The van der Waals surface area contributed by atoms with Crippen LogP contribution in [0.25, 0.3) is 0 Å². The molecule has 2 N–H and O–H groups in total. The Hall–Kier alpha value is 0.850. The average Bonchev–Trinajstić information content (AvgIpc) is 2.37. The Kier molecular flexibility index (Phi) is 20.3. The third-order valence-electron chi connectivity index (χ3n) is 2.97. The maximum absolute atomic E-state index is 11.5. The van der Waals surface area contributed by atoms with Crippen molar-refractivity contribution in [2.24, 2.45) is 0 Å². The minimum absolute atomic E-state index is 0. The molecule has 0 heterocycles. The van der Waals surface area contributed by atoms with Gasteiger partial charge < -0.3 is 12.7 Å². The van der Waals surface area contributed by atoms with Crippen LogP contribution in [-0.4, -0.2) is 41.9 Å². The Balaban J connectivity index is -0.000000333. The summed E-state index contributed by atoms with van der Waals surface area (Å²) in [5, 5.41) is 6.47. The summed E-state index contributed by atoms with van der Waals surface area (Å²) in [5.74, 6) is -2.71. The van der Waals surface area contributed by atoms with E-state index in [1.54, 1.807) is 0 Å². The van der Waals surface area contributed by atoms with Crippen molar-refractivity contribution < 1.29 is 94.4 Å². The molecule has 0 radical (unpaired) electrons. The number of carbonyl (C=O) groups is 2. The van der Waals surface area contributed by atoms with Crippen LogP contribution < -0.4 is 59.1 Å². The average molecular weight is 372 g/mol. The molecular weight excluding hydrogens is 346 g/mol. The second-order valence-corrected chi connectivity index (χ2v) is 6.49. The summed E-state index contributed by atoms with van der Waals surface area (Å²) in [6.45, 7) is 2.15. The SMILES string of the molecule is CCCCCCCCCOC(=O)C(CC(=O)O)S(=O)(=O)O.[H-].[H-].[Na+].[Na+]. The molecule has 0 aromatic rings. The topological polar surface area (TPSA) is 118 Å². The molecule has 0 saturated carbocycles. The smallest absolute Gasteiger partial charge is 1.00 e. The molecule has 7 nitrogen and oxygen atoms in total. The number of hydrogen-bond donors (Lipinski definition) is 2. The van der Waals surface area contributed by atoms with Crippen molar-refractivity contribution in [3.63, 3.8) is 0 Å². The number of ether oxygens (including phenoxy) is 1. The maximum atomic E-state index is 11.5. The fourth-order valence-corrected chi connectivity index (χ4v) is 2.46. The Morgan fingerprint density at radius 2 is 1.52 bits per heavy atom.